The van der Waals surface area contributed by atoms with E-state index in [2.05, 4.69) is 22.4 Å². The van der Waals surface area contributed by atoms with Gasteiger partial charge in [0.2, 0.25) is 0 Å². The monoisotopic (exact) mass is 126 g/mol. The molecule has 0 heterocycles. The van der Waals surface area contributed by atoms with Gasteiger partial charge in [0.1, 0.15) is 0 Å². The number of allylic oxidation sites excluding steroid dienone is 4. The van der Waals surface area contributed by atoms with Crippen LogP contribution in [0.1, 0.15) is 6.92 Å². The minimum absolute atomic E-state index is 0.980. The summed E-state index contributed by atoms with van der Waals surface area (Å²) in [5.74, 6) is 0. The molecular formula is C7H11P. The second kappa shape index (κ2) is 3.63. The van der Waals surface area contributed by atoms with Crippen LogP contribution in [0.5, 0.6) is 0 Å². The third-order valence-electron chi connectivity index (χ3n) is 0.582. The summed E-state index contributed by atoms with van der Waals surface area (Å²) in [7, 11) is 2.50. The standard InChI is InChI=1S/C7H11P/c1-6(2)4-5-7(3)8/h4-5H,1,3,8H2,2H3/b5-4-. The minimum Gasteiger partial charge on any atom is -0.106 e. The zero-order chi connectivity index (χ0) is 6.57. The Kier molecular flexibility index (Phi) is 3.47. The summed E-state index contributed by atoms with van der Waals surface area (Å²) in [4.78, 5) is 0. The molecule has 0 saturated carbocycles. The lowest BCUT2D eigenvalue weighted by molar-refractivity contribution is 1.56. The summed E-state index contributed by atoms with van der Waals surface area (Å²) in [6.07, 6.45) is 3.84. The molecule has 44 valence electrons. The highest BCUT2D eigenvalue weighted by Gasteiger charge is 1.72. The van der Waals surface area contributed by atoms with Crippen LogP contribution in [0.3, 0.4) is 0 Å². The molecule has 8 heavy (non-hydrogen) atoms. The normalized spacial score (nSPS) is 9.75. The quantitative estimate of drug-likeness (QED) is 0.394. The van der Waals surface area contributed by atoms with Crippen LogP contribution in [0, 0.1) is 0 Å². The Hall–Kier alpha value is -0.350. The summed E-state index contributed by atoms with van der Waals surface area (Å²) in [5, 5.41) is 0.980. The van der Waals surface area contributed by atoms with Gasteiger partial charge >= 0.3 is 0 Å². The van der Waals surface area contributed by atoms with Crippen molar-refractivity contribution in [2.75, 3.05) is 0 Å². The molecule has 0 aliphatic heterocycles. The zero-order valence-electron chi connectivity index (χ0n) is 5.15. The van der Waals surface area contributed by atoms with Gasteiger partial charge < -0.3 is 0 Å². The van der Waals surface area contributed by atoms with E-state index in [4.69, 9.17) is 0 Å². The van der Waals surface area contributed by atoms with E-state index in [0.717, 1.165) is 10.9 Å². The molecule has 0 nitrogen and oxygen atoms in total. The summed E-state index contributed by atoms with van der Waals surface area (Å²) in [6.45, 7) is 9.30. The molecule has 0 rings (SSSR count). The lowest BCUT2D eigenvalue weighted by atomic mass is 10.3. The van der Waals surface area contributed by atoms with Crippen molar-refractivity contribution in [2.45, 2.75) is 6.92 Å². The Morgan fingerprint density at radius 3 is 2.00 bits per heavy atom. The van der Waals surface area contributed by atoms with Crippen LogP contribution in [-0.2, 0) is 0 Å². The molecule has 0 amide bonds. The Balaban J connectivity index is 3.67. The van der Waals surface area contributed by atoms with Crippen LogP contribution >= 0.6 is 9.24 Å². The molecular weight excluding hydrogens is 115 g/mol. The van der Waals surface area contributed by atoms with E-state index in [9.17, 15) is 0 Å². The smallest absolute Gasteiger partial charge is 0.0374 e. The van der Waals surface area contributed by atoms with Gasteiger partial charge in [-0.05, 0) is 12.2 Å². The first-order chi connectivity index (χ1) is 3.63. The highest BCUT2D eigenvalue weighted by molar-refractivity contribution is 7.22. The van der Waals surface area contributed by atoms with Gasteiger partial charge in [0.05, 0.1) is 0 Å². The zero-order valence-corrected chi connectivity index (χ0v) is 6.30. The first kappa shape index (κ1) is 7.65. The molecule has 0 aromatic rings. The Bertz CT molecular complexity index is 115. The highest BCUT2D eigenvalue weighted by atomic mass is 31.0. The summed E-state index contributed by atoms with van der Waals surface area (Å²) >= 11 is 0. The molecule has 0 bridgehead atoms. The Morgan fingerprint density at radius 2 is 1.88 bits per heavy atom. The molecule has 1 unspecified atom stereocenters. The van der Waals surface area contributed by atoms with Gasteiger partial charge in [-0.25, -0.2) is 0 Å². The SMILES string of the molecule is C=C(C)/C=C\C(=C)P. The maximum atomic E-state index is 3.69. The van der Waals surface area contributed by atoms with E-state index < -0.39 is 0 Å². The highest BCUT2D eigenvalue weighted by Crippen LogP contribution is 2.03. The van der Waals surface area contributed by atoms with Crippen molar-refractivity contribution in [1.29, 1.82) is 0 Å². The summed E-state index contributed by atoms with van der Waals surface area (Å²) in [5.41, 5.74) is 1.05. The van der Waals surface area contributed by atoms with Crippen LogP contribution in [0.2, 0.25) is 0 Å². The second-order valence-electron chi connectivity index (χ2n) is 1.75. The fourth-order valence-electron chi connectivity index (χ4n) is 0.249. The molecule has 0 aliphatic rings. The third-order valence-corrected chi connectivity index (χ3v) is 0.774. The lowest BCUT2D eigenvalue weighted by Crippen LogP contribution is -1.59. The van der Waals surface area contributed by atoms with Gasteiger partial charge in [-0.3, -0.25) is 0 Å². The predicted molar refractivity (Wildman–Crippen MR) is 42.8 cm³/mol. The maximum Gasteiger partial charge on any atom is -0.0374 e. The van der Waals surface area contributed by atoms with Gasteiger partial charge in [0.25, 0.3) is 0 Å². The minimum atomic E-state index is 0.980. The van der Waals surface area contributed by atoms with Crippen molar-refractivity contribution in [2.24, 2.45) is 0 Å². The van der Waals surface area contributed by atoms with E-state index in [1.54, 1.807) is 0 Å². The molecule has 0 N–H and O–H groups in total. The largest absolute Gasteiger partial charge is 0.106 e. The van der Waals surface area contributed by atoms with E-state index in [1.165, 1.54) is 0 Å². The molecule has 0 aromatic heterocycles. The average molecular weight is 126 g/mol. The van der Waals surface area contributed by atoms with Gasteiger partial charge in [0, 0.05) is 0 Å². The van der Waals surface area contributed by atoms with Gasteiger partial charge in [-0.2, -0.15) is 0 Å². The molecule has 0 aromatic carbocycles. The van der Waals surface area contributed by atoms with Crippen LogP contribution in [0.4, 0.5) is 0 Å². The van der Waals surface area contributed by atoms with Crippen molar-refractivity contribution < 1.29 is 0 Å². The molecule has 0 aliphatic carbocycles. The van der Waals surface area contributed by atoms with Gasteiger partial charge in [-0.15, -0.1) is 9.24 Å². The number of hydrogen-bond donors (Lipinski definition) is 0. The van der Waals surface area contributed by atoms with E-state index >= 15 is 0 Å². The van der Waals surface area contributed by atoms with Crippen molar-refractivity contribution in [1.82, 2.24) is 0 Å². The van der Waals surface area contributed by atoms with Crippen molar-refractivity contribution >= 4 is 9.24 Å². The molecule has 0 fully saturated rings. The van der Waals surface area contributed by atoms with E-state index in [0.29, 0.717) is 0 Å². The Labute approximate surface area is 53.2 Å². The topological polar surface area (TPSA) is 0 Å². The van der Waals surface area contributed by atoms with Crippen LogP contribution in [0.15, 0.2) is 36.2 Å². The summed E-state index contributed by atoms with van der Waals surface area (Å²) < 4.78 is 0. The maximum absolute atomic E-state index is 3.69. The van der Waals surface area contributed by atoms with E-state index in [1.807, 2.05) is 19.1 Å². The molecule has 1 heteroatoms. The molecule has 1 atom stereocenters. The molecule has 0 saturated heterocycles. The fourth-order valence-corrected chi connectivity index (χ4v) is 0.346. The third kappa shape index (κ3) is 5.65. The average Bonchev–Trinajstić information content (AvgIpc) is 1.61. The van der Waals surface area contributed by atoms with E-state index in [-0.39, 0.29) is 0 Å². The Morgan fingerprint density at radius 1 is 1.38 bits per heavy atom. The predicted octanol–water partition coefficient (Wildman–Crippen LogP) is 2.51. The second-order valence-corrected chi connectivity index (χ2v) is 2.50. The summed E-state index contributed by atoms with van der Waals surface area (Å²) in [6, 6.07) is 0. The van der Waals surface area contributed by atoms with Crippen LogP contribution in [0.25, 0.3) is 0 Å². The van der Waals surface area contributed by atoms with Crippen LogP contribution < -0.4 is 0 Å². The van der Waals surface area contributed by atoms with Gasteiger partial charge in [0.15, 0.2) is 0 Å². The van der Waals surface area contributed by atoms with Gasteiger partial charge in [-0.1, -0.05) is 30.9 Å². The first-order valence-corrected chi connectivity index (χ1v) is 2.98. The lowest BCUT2D eigenvalue weighted by Gasteiger charge is -1.83. The fraction of sp³-hybridized carbons (Fsp3) is 0.143. The van der Waals surface area contributed by atoms with Crippen molar-refractivity contribution in [3.8, 4) is 0 Å². The van der Waals surface area contributed by atoms with Crippen molar-refractivity contribution in [3.63, 3.8) is 0 Å². The number of hydrogen-bond acceptors (Lipinski definition) is 0. The number of rotatable bonds is 2. The van der Waals surface area contributed by atoms with Crippen LogP contribution in [-0.4, -0.2) is 0 Å². The van der Waals surface area contributed by atoms with Crippen molar-refractivity contribution in [3.05, 3.63) is 36.2 Å². The molecule has 0 spiro atoms. The molecule has 0 radical (unpaired) electrons. The first-order valence-electron chi connectivity index (χ1n) is 2.41.